The molecule has 0 aliphatic rings. The molecule has 2 aromatic heterocycles. The number of halogens is 2. The van der Waals surface area contributed by atoms with Crippen LogP contribution in [0, 0.1) is 6.92 Å². The third-order valence-electron chi connectivity index (χ3n) is 6.42. The molecule has 0 bridgehead atoms. The van der Waals surface area contributed by atoms with Crippen LogP contribution in [0.2, 0.25) is 10.0 Å². The lowest BCUT2D eigenvalue weighted by Crippen LogP contribution is -2.17. The fourth-order valence-corrected chi connectivity index (χ4v) is 5.42. The van der Waals surface area contributed by atoms with Gasteiger partial charge in [0.25, 0.3) is 0 Å². The van der Waals surface area contributed by atoms with Crippen molar-refractivity contribution in [3.63, 3.8) is 0 Å². The lowest BCUT2D eigenvalue weighted by atomic mass is 10.1. The number of amides is 1. The van der Waals surface area contributed by atoms with Gasteiger partial charge in [0, 0.05) is 24.6 Å². The molecule has 1 amide bonds. The molecule has 11 nitrogen and oxygen atoms in total. The molecule has 0 atom stereocenters. The van der Waals surface area contributed by atoms with Crippen molar-refractivity contribution in [3.05, 3.63) is 93.7 Å². The van der Waals surface area contributed by atoms with Crippen molar-refractivity contribution < 1.29 is 13.2 Å². The first-order valence-electron chi connectivity index (χ1n) is 12.6. The normalized spacial score (nSPS) is 11.5. The van der Waals surface area contributed by atoms with Crippen molar-refractivity contribution in [1.82, 2.24) is 19.5 Å². The Hall–Kier alpha value is -4.23. The van der Waals surface area contributed by atoms with E-state index in [0.29, 0.717) is 50.9 Å². The monoisotopic (exact) mass is 624 g/mol. The second-order valence-corrected chi connectivity index (χ2v) is 11.9. The van der Waals surface area contributed by atoms with Gasteiger partial charge in [0.05, 0.1) is 44.6 Å². The first-order chi connectivity index (χ1) is 20.0. The lowest BCUT2D eigenvalue weighted by molar-refractivity contribution is -0.115. The van der Waals surface area contributed by atoms with Crippen LogP contribution in [0.25, 0.3) is 11.0 Å². The van der Waals surface area contributed by atoms with Gasteiger partial charge in [0.2, 0.25) is 27.8 Å². The summed E-state index contributed by atoms with van der Waals surface area (Å²) >= 11 is 12.0. The third-order valence-corrected chi connectivity index (χ3v) is 8.21. The number of nitrogens with one attached hydrogen (secondary N) is 3. The van der Waals surface area contributed by atoms with Crippen LogP contribution in [0.15, 0.2) is 71.8 Å². The van der Waals surface area contributed by atoms with E-state index >= 15 is 0 Å². The molecule has 0 aliphatic heterocycles. The molecule has 14 heteroatoms. The predicted molar refractivity (Wildman–Crippen MR) is 165 cm³/mol. The first-order valence-corrected chi connectivity index (χ1v) is 14.9. The number of hydrogen-bond donors (Lipinski definition) is 4. The van der Waals surface area contributed by atoms with E-state index in [1.54, 1.807) is 54.1 Å². The number of imidazole rings is 1. The number of anilines is 4. The van der Waals surface area contributed by atoms with E-state index in [2.05, 4.69) is 30.9 Å². The van der Waals surface area contributed by atoms with E-state index in [1.165, 1.54) is 6.07 Å². The summed E-state index contributed by atoms with van der Waals surface area (Å²) in [5, 5.41) is 15.3. The maximum atomic E-state index is 12.6. The summed E-state index contributed by atoms with van der Waals surface area (Å²) in [6, 6.07) is 17.4. The van der Waals surface area contributed by atoms with Crippen LogP contribution >= 0.6 is 23.2 Å². The maximum absolute atomic E-state index is 12.6. The van der Waals surface area contributed by atoms with Crippen molar-refractivity contribution in [2.24, 2.45) is 12.2 Å². The quantitative estimate of drug-likeness (QED) is 0.175. The van der Waals surface area contributed by atoms with Gasteiger partial charge in [-0.05, 0) is 66.6 Å². The summed E-state index contributed by atoms with van der Waals surface area (Å²) in [5.41, 5.74) is 4.82. The molecule has 42 heavy (non-hydrogen) atoms. The molecule has 0 fully saturated rings. The summed E-state index contributed by atoms with van der Waals surface area (Å²) in [5.74, 6) is 0.491. The van der Waals surface area contributed by atoms with E-state index < -0.39 is 10.0 Å². The Kier molecular flexibility index (Phi) is 8.32. The highest BCUT2D eigenvalue weighted by atomic mass is 35.5. The highest BCUT2D eigenvalue weighted by Crippen LogP contribution is 2.25. The molecule has 0 aliphatic carbocycles. The van der Waals surface area contributed by atoms with Crippen LogP contribution in [-0.4, -0.2) is 33.8 Å². The second kappa shape index (κ2) is 11.9. The summed E-state index contributed by atoms with van der Waals surface area (Å²) in [6.07, 6.45) is 1.73. The zero-order valence-electron chi connectivity index (χ0n) is 22.5. The highest BCUT2D eigenvalue weighted by Gasteiger charge is 2.14. The predicted octanol–water partition coefficient (Wildman–Crippen LogP) is 5.16. The average molecular weight is 626 g/mol. The van der Waals surface area contributed by atoms with E-state index in [9.17, 15) is 13.2 Å². The molecule has 5 N–H and O–H groups in total. The molecule has 0 unspecified atom stereocenters. The minimum Gasteiger partial charge on any atom is -0.379 e. The van der Waals surface area contributed by atoms with Crippen molar-refractivity contribution in [2.45, 2.75) is 24.8 Å². The zero-order chi connectivity index (χ0) is 30.0. The Morgan fingerprint density at radius 2 is 1.76 bits per heavy atom. The first kappa shape index (κ1) is 29.3. The van der Waals surface area contributed by atoms with Crippen molar-refractivity contribution >= 4 is 73.4 Å². The molecular formula is C28H26Cl2N8O3S. The molecule has 2 heterocycles. The van der Waals surface area contributed by atoms with Gasteiger partial charge in [-0.25, -0.2) is 28.5 Å². The number of carbonyl (C=O) groups excluding carboxylic acids is 1. The van der Waals surface area contributed by atoms with E-state index in [4.69, 9.17) is 28.3 Å². The number of benzene rings is 3. The van der Waals surface area contributed by atoms with Crippen LogP contribution < -0.4 is 21.1 Å². The van der Waals surface area contributed by atoms with Crippen molar-refractivity contribution in [3.8, 4) is 0 Å². The van der Waals surface area contributed by atoms with Gasteiger partial charge in [-0.1, -0.05) is 35.3 Å². The smallest absolute Gasteiger partial charge is 0.238 e. The number of primary sulfonamides is 1. The highest BCUT2D eigenvalue weighted by molar-refractivity contribution is 7.89. The number of aryl methyl sites for hydroxylation is 2. The third kappa shape index (κ3) is 6.80. The average Bonchev–Trinajstić information content (AvgIpc) is 3.24. The van der Waals surface area contributed by atoms with Gasteiger partial charge in [0.15, 0.2) is 0 Å². The second-order valence-electron chi connectivity index (χ2n) is 9.55. The number of hydrogen-bond acceptors (Lipinski definition) is 8. The molecule has 0 saturated carbocycles. The van der Waals surface area contributed by atoms with Gasteiger partial charge in [0.1, 0.15) is 0 Å². The van der Waals surface area contributed by atoms with E-state index in [1.807, 2.05) is 25.2 Å². The van der Waals surface area contributed by atoms with Gasteiger partial charge in [-0.3, -0.25) is 10.1 Å². The van der Waals surface area contributed by atoms with Crippen molar-refractivity contribution in [1.29, 1.82) is 0 Å². The number of nitrogens with zero attached hydrogens (tertiary/aromatic N) is 4. The fourth-order valence-electron chi connectivity index (χ4n) is 4.29. The summed E-state index contributed by atoms with van der Waals surface area (Å²) in [4.78, 5) is 26.0. The minimum atomic E-state index is -3.86. The molecule has 0 radical (unpaired) electrons. The van der Waals surface area contributed by atoms with Crippen LogP contribution in [0.3, 0.4) is 0 Å². The Labute approximate surface area is 252 Å². The summed E-state index contributed by atoms with van der Waals surface area (Å²) in [7, 11) is -2.04. The molecule has 5 aromatic rings. The largest absolute Gasteiger partial charge is 0.379 e. The number of rotatable bonds is 9. The van der Waals surface area contributed by atoms with Crippen molar-refractivity contribution in [2.75, 3.05) is 16.0 Å². The Balaban J connectivity index is 1.24. The zero-order valence-corrected chi connectivity index (χ0v) is 24.8. The van der Waals surface area contributed by atoms with Gasteiger partial charge < -0.3 is 15.2 Å². The number of nitrogens with two attached hydrogens (primary N) is 1. The molecule has 0 saturated heterocycles. The molecule has 5 rings (SSSR count). The van der Waals surface area contributed by atoms with Gasteiger partial charge in [-0.2, -0.15) is 0 Å². The fraction of sp³-hybridized carbons (Fsp3) is 0.143. The van der Waals surface area contributed by atoms with E-state index in [-0.39, 0.29) is 17.2 Å². The minimum absolute atomic E-state index is 0.0319. The number of fused-ring (bicyclic) bond motifs is 1. The van der Waals surface area contributed by atoms with Crippen LogP contribution in [0.5, 0.6) is 0 Å². The molecule has 0 spiro atoms. The van der Waals surface area contributed by atoms with E-state index in [0.717, 1.165) is 16.8 Å². The summed E-state index contributed by atoms with van der Waals surface area (Å²) in [6.45, 7) is 2.06. The molecule has 3 aromatic carbocycles. The van der Waals surface area contributed by atoms with Crippen LogP contribution in [0.4, 0.5) is 23.3 Å². The van der Waals surface area contributed by atoms with Crippen LogP contribution in [0.1, 0.15) is 16.8 Å². The molecular weight excluding hydrogens is 599 g/mol. The Bertz CT molecular complexity index is 1930. The maximum Gasteiger partial charge on any atom is 0.238 e. The number of aromatic nitrogens is 4. The lowest BCUT2D eigenvalue weighted by Gasteiger charge is -2.10. The van der Waals surface area contributed by atoms with Crippen LogP contribution in [-0.2, 0) is 34.8 Å². The van der Waals surface area contributed by atoms with Gasteiger partial charge >= 0.3 is 0 Å². The Morgan fingerprint density at radius 3 is 2.52 bits per heavy atom. The topological polar surface area (TPSA) is 157 Å². The standard InChI is InChI=1S/C28H26Cl2N8O3S/c1-16-3-5-19(14-25(16)42(31,40)41)34-27-32-10-9-20(35-27)15-33-18-6-8-24-23(13-18)36-28(38(24)2)37-26(39)12-17-4-7-21(29)22(30)11-17/h3-11,13-14,33H,12,15H2,1-2H3,(H2,31,40,41)(H,32,34,35)(H,36,37,39). The SMILES string of the molecule is Cc1ccc(Nc2nccc(CNc3ccc4c(c3)nc(NC(=O)Cc3ccc(Cl)c(Cl)c3)n4C)n2)cc1S(N)(=O)=O. The van der Waals surface area contributed by atoms with Gasteiger partial charge in [-0.15, -0.1) is 0 Å². The summed E-state index contributed by atoms with van der Waals surface area (Å²) < 4.78 is 25.5. The Morgan fingerprint density at radius 1 is 0.976 bits per heavy atom. The number of carbonyl (C=O) groups is 1. The number of sulfonamides is 1. The molecule has 216 valence electrons.